The van der Waals surface area contributed by atoms with E-state index in [1.165, 1.54) is 0 Å². The Labute approximate surface area is 158 Å². The molecule has 0 aromatic heterocycles. The smallest absolute Gasteiger partial charge is 0.309 e. The highest BCUT2D eigenvalue weighted by atomic mass is 16.4. The number of benzene rings is 2. The normalized spacial score (nSPS) is 20.8. The van der Waals surface area contributed by atoms with Gasteiger partial charge in [0.05, 0.1) is 5.92 Å². The van der Waals surface area contributed by atoms with Gasteiger partial charge in [0.1, 0.15) is 12.1 Å². The van der Waals surface area contributed by atoms with Crippen LogP contribution in [0.2, 0.25) is 0 Å². The Kier molecular flexibility index (Phi) is 5.74. The standard InChI is InChI=1S/C21H24N2O4/c1-2-3-8-16(21(26)27)18-20(25)22-17(19(24)23-18)12-13-9-10-14-6-4-5-7-15(14)11-13/h4-7,9-11,16-18H,2-3,8,12H2,1H3,(H,22,25)(H,23,24)(H,26,27). The fraction of sp³-hybridized carbons (Fsp3) is 0.381. The molecular weight excluding hydrogens is 344 g/mol. The second-order valence-corrected chi connectivity index (χ2v) is 7.02. The first-order valence-electron chi connectivity index (χ1n) is 9.31. The first-order valence-corrected chi connectivity index (χ1v) is 9.31. The summed E-state index contributed by atoms with van der Waals surface area (Å²) in [6, 6.07) is 12.1. The van der Waals surface area contributed by atoms with Gasteiger partial charge in [0.25, 0.3) is 0 Å². The number of rotatable bonds is 7. The van der Waals surface area contributed by atoms with Crippen LogP contribution in [-0.2, 0) is 20.8 Å². The third-order valence-electron chi connectivity index (χ3n) is 5.06. The molecule has 1 fully saturated rings. The summed E-state index contributed by atoms with van der Waals surface area (Å²) in [4.78, 5) is 36.5. The minimum atomic E-state index is -1.06. The van der Waals surface area contributed by atoms with E-state index in [0.717, 1.165) is 22.8 Å². The predicted molar refractivity (Wildman–Crippen MR) is 102 cm³/mol. The lowest BCUT2D eigenvalue weighted by atomic mass is 9.90. The first kappa shape index (κ1) is 18.9. The van der Waals surface area contributed by atoms with E-state index >= 15 is 0 Å². The van der Waals surface area contributed by atoms with Crippen molar-refractivity contribution in [1.82, 2.24) is 10.6 Å². The Morgan fingerprint density at radius 1 is 1.07 bits per heavy atom. The second-order valence-electron chi connectivity index (χ2n) is 7.02. The van der Waals surface area contributed by atoms with Gasteiger partial charge < -0.3 is 15.7 Å². The van der Waals surface area contributed by atoms with E-state index in [1.54, 1.807) is 0 Å². The van der Waals surface area contributed by atoms with E-state index in [0.29, 0.717) is 19.3 Å². The van der Waals surface area contributed by atoms with Crippen molar-refractivity contribution in [3.8, 4) is 0 Å². The maximum Gasteiger partial charge on any atom is 0.309 e. The number of nitrogens with one attached hydrogen (secondary N) is 2. The Hall–Kier alpha value is -2.89. The van der Waals surface area contributed by atoms with Gasteiger partial charge in [-0.15, -0.1) is 0 Å². The summed E-state index contributed by atoms with van der Waals surface area (Å²) in [6.07, 6.45) is 2.25. The summed E-state index contributed by atoms with van der Waals surface area (Å²) >= 11 is 0. The van der Waals surface area contributed by atoms with Crippen molar-refractivity contribution in [2.75, 3.05) is 0 Å². The minimum absolute atomic E-state index is 0.337. The molecule has 0 saturated carbocycles. The third-order valence-corrected chi connectivity index (χ3v) is 5.06. The van der Waals surface area contributed by atoms with Gasteiger partial charge in [-0.2, -0.15) is 0 Å². The number of hydrogen-bond acceptors (Lipinski definition) is 3. The quantitative estimate of drug-likeness (QED) is 0.698. The fourth-order valence-corrected chi connectivity index (χ4v) is 3.53. The molecule has 0 radical (unpaired) electrons. The molecule has 6 heteroatoms. The molecule has 1 aliphatic rings. The maximum atomic E-state index is 12.5. The van der Waals surface area contributed by atoms with Gasteiger partial charge in [-0.05, 0) is 22.8 Å². The zero-order valence-electron chi connectivity index (χ0n) is 15.3. The highest BCUT2D eigenvalue weighted by Crippen LogP contribution is 2.20. The molecule has 0 spiro atoms. The molecule has 3 N–H and O–H groups in total. The second kappa shape index (κ2) is 8.20. The van der Waals surface area contributed by atoms with Crippen LogP contribution in [0.15, 0.2) is 42.5 Å². The number of unbranched alkanes of at least 4 members (excludes halogenated alkanes) is 1. The van der Waals surface area contributed by atoms with Crippen molar-refractivity contribution in [3.05, 3.63) is 48.0 Å². The lowest BCUT2D eigenvalue weighted by Gasteiger charge is -2.32. The van der Waals surface area contributed by atoms with Crippen LogP contribution in [0.25, 0.3) is 10.8 Å². The molecule has 3 rings (SSSR count). The van der Waals surface area contributed by atoms with Crippen LogP contribution in [0.4, 0.5) is 0 Å². The number of aliphatic carboxylic acids is 1. The van der Waals surface area contributed by atoms with Gasteiger partial charge >= 0.3 is 5.97 Å². The van der Waals surface area contributed by atoms with E-state index < -0.39 is 29.9 Å². The molecule has 2 aromatic rings. The van der Waals surface area contributed by atoms with Crippen molar-refractivity contribution >= 4 is 28.6 Å². The van der Waals surface area contributed by atoms with Crippen LogP contribution in [0.3, 0.4) is 0 Å². The summed E-state index contributed by atoms with van der Waals surface area (Å²) < 4.78 is 0. The Morgan fingerprint density at radius 3 is 2.52 bits per heavy atom. The first-order chi connectivity index (χ1) is 13.0. The fourth-order valence-electron chi connectivity index (χ4n) is 3.53. The van der Waals surface area contributed by atoms with Gasteiger partial charge in [-0.25, -0.2) is 0 Å². The highest BCUT2D eigenvalue weighted by Gasteiger charge is 2.40. The number of carbonyl (C=O) groups is 3. The maximum absolute atomic E-state index is 12.5. The van der Waals surface area contributed by atoms with E-state index in [9.17, 15) is 19.5 Å². The highest BCUT2D eigenvalue weighted by molar-refractivity contribution is 5.99. The van der Waals surface area contributed by atoms with Crippen LogP contribution < -0.4 is 10.6 Å². The monoisotopic (exact) mass is 368 g/mol. The van der Waals surface area contributed by atoms with E-state index in [2.05, 4.69) is 10.6 Å². The van der Waals surface area contributed by atoms with Crippen LogP contribution >= 0.6 is 0 Å². The molecule has 1 saturated heterocycles. The van der Waals surface area contributed by atoms with Gasteiger partial charge in [0, 0.05) is 6.42 Å². The van der Waals surface area contributed by atoms with Crippen molar-refractivity contribution in [3.63, 3.8) is 0 Å². The molecule has 3 atom stereocenters. The van der Waals surface area contributed by atoms with Gasteiger partial charge in [-0.1, -0.05) is 62.2 Å². The van der Waals surface area contributed by atoms with Gasteiger partial charge in [0.15, 0.2) is 0 Å². The van der Waals surface area contributed by atoms with E-state index in [4.69, 9.17) is 0 Å². The molecule has 142 valence electrons. The van der Waals surface area contributed by atoms with E-state index in [-0.39, 0.29) is 5.91 Å². The third kappa shape index (κ3) is 4.27. The van der Waals surface area contributed by atoms with Crippen LogP contribution in [-0.4, -0.2) is 35.0 Å². The molecule has 3 unspecified atom stereocenters. The van der Waals surface area contributed by atoms with Crippen molar-refractivity contribution < 1.29 is 19.5 Å². The number of carbonyl (C=O) groups excluding carboxylic acids is 2. The van der Waals surface area contributed by atoms with Crippen LogP contribution in [0, 0.1) is 5.92 Å². The Morgan fingerprint density at radius 2 is 1.81 bits per heavy atom. The number of carboxylic acid groups (broad SMARTS) is 1. The minimum Gasteiger partial charge on any atom is -0.481 e. The summed E-state index contributed by atoms with van der Waals surface area (Å²) in [6.45, 7) is 1.96. The number of carboxylic acids is 1. The van der Waals surface area contributed by atoms with Gasteiger partial charge in [0.2, 0.25) is 11.8 Å². The molecule has 2 amide bonds. The zero-order chi connectivity index (χ0) is 19.4. The molecule has 0 bridgehead atoms. The van der Waals surface area contributed by atoms with Crippen molar-refractivity contribution in [1.29, 1.82) is 0 Å². The summed E-state index contributed by atoms with van der Waals surface area (Å²) in [5.41, 5.74) is 0.938. The molecule has 0 aliphatic carbocycles. The largest absolute Gasteiger partial charge is 0.481 e. The van der Waals surface area contributed by atoms with Crippen LogP contribution in [0.1, 0.15) is 31.7 Å². The molecule has 6 nitrogen and oxygen atoms in total. The Bertz CT molecular complexity index is 864. The molecule has 1 heterocycles. The molecule has 2 aromatic carbocycles. The molecule has 1 aliphatic heterocycles. The lowest BCUT2D eigenvalue weighted by Crippen LogP contribution is -2.65. The average Bonchev–Trinajstić information content (AvgIpc) is 2.65. The van der Waals surface area contributed by atoms with Crippen LogP contribution in [0.5, 0.6) is 0 Å². The summed E-state index contributed by atoms with van der Waals surface area (Å²) in [7, 11) is 0. The lowest BCUT2D eigenvalue weighted by molar-refractivity contribution is -0.149. The van der Waals surface area contributed by atoms with Crippen molar-refractivity contribution in [2.24, 2.45) is 5.92 Å². The van der Waals surface area contributed by atoms with Crippen molar-refractivity contribution in [2.45, 2.75) is 44.7 Å². The number of amides is 2. The number of piperazine rings is 1. The van der Waals surface area contributed by atoms with Gasteiger partial charge in [-0.3, -0.25) is 14.4 Å². The Balaban J connectivity index is 1.71. The topological polar surface area (TPSA) is 95.5 Å². The number of fused-ring (bicyclic) bond motifs is 1. The number of hydrogen-bond donors (Lipinski definition) is 3. The molecule has 27 heavy (non-hydrogen) atoms. The predicted octanol–water partition coefficient (Wildman–Crippen LogP) is 2.26. The average molecular weight is 368 g/mol. The summed E-state index contributed by atoms with van der Waals surface area (Å²) in [5.74, 6) is -2.73. The summed E-state index contributed by atoms with van der Waals surface area (Å²) in [5, 5.41) is 16.9. The molecular formula is C21H24N2O4. The SMILES string of the molecule is CCCCC(C(=O)O)C1NC(=O)C(Cc2ccc3ccccc3c2)NC1=O. The zero-order valence-corrected chi connectivity index (χ0v) is 15.3. The van der Waals surface area contributed by atoms with E-state index in [1.807, 2.05) is 49.4 Å².